The number of aliphatic carboxylic acids is 1. The fraction of sp³-hybridized carbons (Fsp3) is 0.111. The number of nitrogens with zero attached hydrogens (tertiary/aromatic N) is 1. The molecule has 0 unspecified atom stereocenters. The van der Waals surface area contributed by atoms with E-state index in [2.05, 4.69) is 5.16 Å². The van der Waals surface area contributed by atoms with Crippen LogP contribution in [0.3, 0.4) is 0 Å². The van der Waals surface area contributed by atoms with Crippen molar-refractivity contribution >= 4 is 11.7 Å². The number of aromatic hydroxyl groups is 1. The van der Waals surface area contributed by atoms with Crippen molar-refractivity contribution in [2.45, 2.75) is 6.42 Å². The molecule has 0 aliphatic heterocycles. The van der Waals surface area contributed by atoms with Gasteiger partial charge in [0.2, 0.25) is 0 Å². The van der Waals surface area contributed by atoms with Gasteiger partial charge in [-0.25, -0.2) is 0 Å². The molecule has 74 valence electrons. The minimum absolute atomic E-state index is 0.0532. The standard InChI is InChI=1S/C9H9NO4/c11-7-3-1-6(2-4-7)8(10-14)5-9(12)13/h1-4,11,14H,5H2,(H,12,13)/b10-8-. The first-order valence-corrected chi connectivity index (χ1v) is 3.85. The highest BCUT2D eigenvalue weighted by Crippen LogP contribution is 2.11. The Morgan fingerprint density at radius 3 is 2.29 bits per heavy atom. The first kappa shape index (κ1) is 10.0. The molecule has 0 amide bonds. The predicted molar refractivity (Wildman–Crippen MR) is 48.7 cm³/mol. The summed E-state index contributed by atoms with van der Waals surface area (Å²) in [5.41, 5.74) is 0.519. The fourth-order valence-corrected chi connectivity index (χ4v) is 0.992. The quantitative estimate of drug-likeness (QED) is 0.382. The molecule has 1 rings (SSSR count). The Bertz CT molecular complexity index is 356. The van der Waals surface area contributed by atoms with Crippen molar-refractivity contribution < 1.29 is 20.2 Å². The topological polar surface area (TPSA) is 90.1 Å². The number of carbonyl (C=O) groups is 1. The largest absolute Gasteiger partial charge is 0.508 e. The van der Waals surface area contributed by atoms with E-state index < -0.39 is 5.97 Å². The zero-order valence-corrected chi connectivity index (χ0v) is 7.21. The van der Waals surface area contributed by atoms with Crippen LogP contribution in [0.15, 0.2) is 29.4 Å². The van der Waals surface area contributed by atoms with Crippen molar-refractivity contribution in [3.8, 4) is 5.75 Å². The molecule has 0 atom stereocenters. The van der Waals surface area contributed by atoms with Crippen LogP contribution >= 0.6 is 0 Å². The zero-order valence-electron chi connectivity index (χ0n) is 7.21. The molecule has 0 fully saturated rings. The number of hydrogen-bond acceptors (Lipinski definition) is 4. The van der Waals surface area contributed by atoms with Gasteiger partial charge in [0.25, 0.3) is 0 Å². The molecule has 0 radical (unpaired) electrons. The third-order valence-electron chi connectivity index (χ3n) is 1.64. The van der Waals surface area contributed by atoms with Gasteiger partial charge in [0.1, 0.15) is 5.75 Å². The highest BCUT2D eigenvalue weighted by Gasteiger charge is 2.08. The van der Waals surface area contributed by atoms with E-state index in [1.54, 1.807) is 0 Å². The maximum Gasteiger partial charge on any atom is 0.309 e. The van der Waals surface area contributed by atoms with Crippen molar-refractivity contribution in [2.75, 3.05) is 0 Å². The molecule has 0 bridgehead atoms. The van der Waals surface area contributed by atoms with Gasteiger partial charge >= 0.3 is 5.97 Å². The zero-order chi connectivity index (χ0) is 10.6. The van der Waals surface area contributed by atoms with Crippen LogP contribution in [0.2, 0.25) is 0 Å². The average Bonchev–Trinajstić information content (AvgIpc) is 2.15. The minimum Gasteiger partial charge on any atom is -0.508 e. The summed E-state index contributed by atoms with van der Waals surface area (Å²) < 4.78 is 0. The van der Waals surface area contributed by atoms with Gasteiger partial charge in [-0.3, -0.25) is 4.79 Å². The molecule has 3 N–H and O–H groups in total. The van der Waals surface area contributed by atoms with Crippen molar-refractivity contribution in [3.63, 3.8) is 0 Å². The van der Waals surface area contributed by atoms with E-state index in [1.165, 1.54) is 24.3 Å². The van der Waals surface area contributed by atoms with Crippen LogP contribution in [0.1, 0.15) is 12.0 Å². The first-order valence-electron chi connectivity index (χ1n) is 3.85. The van der Waals surface area contributed by atoms with Gasteiger partial charge in [-0.05, 0) is 24.3 Å². The van der Waals surface area contributed by atoms with Gasteiger partial charge in [0, 0.05) is 5.56 Å². The summed E-state index contributed by atoms with van der Waals surface area (Å²) in [6.07, 6.45) is -0.360. The second-order valence-corrected chi connectivity index (χ2v) is 2.66. The van der Waals surface area contributed by atoms with Crippen molar-refractivity contribution in [2.24, 2.45) is 5.16 Å². The predicted octanol–water partition coefficient (Wildman–Crippen LogP) is 1.05. The molecule has 0 saturated carbocycles. The average molecular weight is 195 g/mol. The molecule has 0 heterocycles. The molecule has 0 aliphatic carbocycles. The molecule has 0 aliphatic rings. The van der Waals surface area contributed by atoms with Gasteiger partial charge in [-0.1, -0.05) is 5.16 Å². The Balaban J connectivity index is 2.91. The van der Waals surface area contributed by atoms with Gasteiger partial charge < -0.3 is 15.4 Å². The highest BCUT2D eigenvalue weighted by molar-refractivity contribution is 6.08. The third kappa shape index (κ3) is 2.48. The van der Waals surface area contributed by atoms with E-state index in [0.717, 1.165) is 0 Å². The molecule has 14 heavy (non-hydrogen) atoms. The number of hydrogen-bond donors (Lipinski definition) is 3. The molecule has 1 aromatic carbocycles. The summed E-state index contributed by atoms with van der Waals surface area (Å²) >= 11 is 0. The van der Waals surface area contributed by atoms with Gasteiger partial charge in [0.05, 0.1) is 12.1 Å². The van der Waals surface area contributed by atoms with E-state index in [0.29, 0.717) is 5.56 Å². The van der Waals surface area contributed by atoms with Gasteiger partial charge in [-0.2, -0.15) is 0 Å². The summed E-state index contributed by atoms with van der Waals surface area (Å²) in [5.74, 6) is -1.01. The molecule has 0 spiro atoms. The number of benzene rings is 1. The second-order valence-electron chi connectivity index (χ2n) is 2.66. The normalized spacial score (nSPS) is 11.3. The summed E-state index contributed by atoms with van der Waals surface area (Å²) in [7, 11) is 0. The minimum atomic E-state index is -1.08. The van der Waals surface area contributed by atoms with E-state index in [4.69, 9.17) is 15.4 Å². The SMILES string of the molecule is O=C(O)C/C(=N/O)c1ccc(O)cc1. The number of carboxylic acid groups (broad SMARTS) is 1. The van der Waals surface area contributed by atoms with Crippen LogP contribution in [-0.4, -0.2) is 27.1 Å². The highest BCUT2D eigenvalue weighted by atomic mass is 16.4. The van der Waals surface area contributed by atoms with Crippen molar-refractivity contribution in [3.05, 3.63) is 29.8 Å². The van der Waals surface area contributed by atoms with E-state index in [9.17, 15) is 4.79 Å². The number of phenols is 1. The Hall–Kier alpha value is -2.04. The molecular weight excluding hydrogens is 186 g/mol. The summed E-state index contributed by atoms with van der Waals surface area (Å²) in [4.78, 5) is 10.4. The van der Waals surface area contributed by atoms with Crippen LogP contribution in [0.5, 0.6) is 5.75 Å². The lowest BCUT2D eigenvalue weighted by molar-refractivity contribution is -0.135. The Morgan fingerprint density at radius 1 is 1.29 bits per heavy atom. The van der Waals surface area contributed by atoms with Crippen LogP contribution in [0, 0.1) is 0 Å². The number of rotatable bonds is 3. The summed E-state index contributed by atoms with van der Waals surface area (Å²) in [5, 5.41) is 28.9. The van der Waals surface area contributed by atoms with E-state index in [1.807, 2.05) is 0 Å². The fourth-order valence-electron chi connectivity index (χ4n) is 0.992. The monoisotopic (exact) mass is 195 g/mol. The van der Waals surface area contributed by atoms with Crippen LogP contribution < -0.4 is 0 Å². The number of oxime groups is 1. The Labute approximate surface area is 79.9 Å². The molecule has 0 aromatic heterocycles. The maximum atomic E-state index is 10.4. The number of carboxylic acids is 1. The lowest BCUT2D eigenvalue weighted by Gasteiger charge is -2.01. The maximum absolute atomic E-state index is 10.4. The molecule has 5 nitrogen and oxygen atoms in total. The Kier molecular flexibility index (Phi) is 3.06. The molecule has 1 aromatic rings. The third-order valence-corrected chi connectivity index (χ3v) is 1.64. The van der Waals surface area contributed by atoms with Gasteiger partial charge in [-0.15, -0.1) is 0 Å². The lowest BCUT2D eigenvalue weighted by atomic mass is 10.1. The van der Waals surface area contributed by atoms with Crippen LogP contribution in [0.4, 0.5) is 0 Å². The van der Waals surface area contributed by atoms with E-state index in [-0.39, 0.29) is 17.9 Å². The molecule has 5 heteroatoms. The van der Waals surface area contributed by atoms with Crippen molar-refractivity contribution in [1.82, 2.24) is 0 Å². The van der Waals surface area contributed by atoms with Crippen LogP contribution in [-0.2, 0) is 4.79 Å². The summed E-state index contributed by atoms with van der Waals surface area (Å²) in [6, 6.07) is 5.74. The van der Waals surface area contributed by atoms with Gasteiger partial charge in [0.15, 0.2) is 0 Å². The number of phenolic OH excluding ortho intramolecular Hbond substituents is 1. The Morgan fingerprint density at radius 2 is 1.86 bits per heavy atom. The molecule has 0 saturated heterocycles. The van der Waals surface area contributed by atoms with Crippen LogP contribution in [0.25, 0.3) is 0 Å². The first-order chi connectivity index (χ1) is 6.63. The second kappa shape index (κ2) is 4.27. The van der Waals surface area contributed by atoms with Crippen molar-refractivity contribution in [1.29, 1.82) is 0 Å². The summed E-state index contributed by atoms with van der Waals surface area (Å²) in [6.45, 7) is 0. The molecular formula is C9H9NO4. The lowest BCUT2D eigenvalue weighted by Crippen LogP contribution is -2.08. The smallest absolute Gasteiger partial charge is 0.309 e. The van der Waals surface area contributed by atoms with E-state index >= 15 is 0 Å².